The van der Waals surface area contributed by atoms with E-state index < -0.39 is 17.7 Å². The summed E-state index contributed by atoms with van der Waals surface area (Å²) in [7, 11) is 5.09. The number of imide groups is 1. The monoisotopic (exact) mass is 1450 g/mol. The zero-order valence-corrected chi connectivity index (χ0v) is 64.6. The molecule has 0 aliphatic carbocycles. The Labute approximate surface area is 627 Å². The van der Waals surface area contributed by atoms with Gasteiger partial charge in [0, 0.05) is 71.9 Å². The molecule has 0 atom stereocenters. The van der Waals surface area contributed by atoms with Crippen molar-refractivity contribution >= 4 is 35.9 Å². The van der Waals surface area contributed by atoms with Gasteiger partial charge in [0.25, 0.3) is 0 Å². The molecular formula is C84H128N12O9. The molecule has 5 saturated heterocycles. The molecule has 0 bridgehead atoms. The maximum absolute atomic E-state index is 12.2. The molecule has 578 valence electrons. The largest absolute Gasteiger partial charge is 0.469 e. The minimum absolute atomic E-state index is 0.00402. The van der Waals surface area contributed by atoms with E-state index in [-0.39, 0.29) is 71.0 Å². The van der Waals surface area contributed by atoms with Gasteiger partial charge in [0.05, 0.1) is 13.5 Å². The number of alkyl carbamates (subject to hydrolysis) is 1. The van der Waals surface area contributed by atoms with Crippen LogP contribution in [-0.4, -0.2) is 198 Å². The Hall–Kier alpha value is -7.76. The number of piperidine rings is 5. The summed E-state index contributed by atoms with van der Waals surface area (Å²) in [5.41, 5.74) is 36.9. The van der Waals surface area contributed by atoms with E-state index >= 15 is 0 Å². The Morgan fingerprint density at radius 2 is 0.686 bits per heavy atom. The number of urea groups is 2. The molecule has 5 aliphatic rings. The summed E-state index contributed by atoms with van der Waals surface area (Å²) >= 11 is 0. The Morgan fingerprint density at radius 1 is 0.410 bits per heavy atom. The molecule has 0 spiro atoms. The van der Waals surface area contributed by atoms with Crippen LogP contribution in [0.5, 0.6) is 0 Å². The maximum Gasteiger partial charge on any atom is 0.415 e. The third kappa shape index (κ3) is 29.1. The minimum atomic E-state index is -0.711. The van der Waals surface area contributed by atoms with E-state index in [4.69, 9.17) is 38.1 Å². The summed E-state index contributed by atoms with van der Waals surface area (Å²) in [6, 6.07) is 52.2. The third-order valence-electron chi connectivity index (χ3n) is 22.0. The van der Waals surface area contributed by atoms with Gasteiger partial charge in [-0.3, -0.25) is 14.4 Å². The fourth-order valence-corrected chi connectivity index (χ4v) is 14.8. The molecule has 7 amide bonds. The summed E-state index contributed by atoms with van der Waals surface area (Å²) in [6.07, 6.45) is 14.5. The lowest BCUT2D eigenvalue weighted by Crippen LogP contribution is -2.51. The number of hydrogen-bond donors (Lipinski definition) is 7. The molecule has 21 nitrogen and oxygen atoms in total. The first-order chi connectivity index (χ1) is 50.3. The van der Waals surface area contributed by atoms with Crippen molar-refractivity contribution in [3.63, 3.8) is 0 Å². The zero-order valence-electron chi connectivity index (χ0n) is 64.6. The van der Waals surface area contributed by atoms with Crippen LogP contribution in [-0.2, 0) is 60.7 Å². The summed E-state index contributed by atoms with van der Waals surface area (Å²) in [4.78, 5) is 80.9. The number of nitrogens with zero attached hydrogens (tertiary/aromatic N) is 5. The van der Waals surface area contributed by atoms with Crippen molar-refractivity contribution in [1.29, 1.82) is 0 Å². The fourth-order valence-electron chi connectivity index (χ4n) is 14.8. The van der Waals surface area contributed by atoms with E-state index in [1.165, 1.54) is 60.9 Å². The molecule has 5 aromatic carbocycles. The summed E-state index contributed by atoms with van der Waals surface area (Å²) in [6.45, 7) is 20.9. The molecule has 0 saturated carbocycles. The smallest absolute Gasteiger partial charge is 0.415 e. The molecule has 5 aliphatic heterocycles. The number of nitrogens with one attached hydrogen (secondary N) is 2. The highest BCUT2D eigenvalue weighted by atomic mass is 16.6. The van der Waals surface area contributed by atoms with Gasteiger partial charge >= 0.3 is 24.1 Å². The first-order valence-electron chi connectivity index (χ1n) is 38.1. The van der Waals surface area contributed by atoms with Crippen LogP contribution in [0.4, 0.5) is 14.4 Å². The number of amides is 7. The number of carbonyl (C=O) groups excluding carboxylic acids is 6. The van der Waals surface area contributed by atoms with E-state index in [0.717, 1.165) is 116 Å². The second-order valence-corrected chi connectivity index (χ2v) is 31.4. The number of nitrogens with two attached hydrogens (primary N) is 5. The number of carbonyl (C=O) groups is 6. The van der Waals surface area contributed by atoms with Crippen LogP contribution in [0.2, 0.25) is 0 Å². The van der Waals surface area contributed by atoms with E-state index in [9.17, 15) is 28.8 Å². The van der Waals surface area contributed by atoms with Gasteiger partial charge in [0.1, 0.15) is 12.2 Å². The number of likely N-dealkylation sites (tertiary alicyclic amines) is 5. The van der Waals surface area contributed by atoms with Gasteiger partial charge in [-0.25, -0.2) is 19.7 Å². The normalized spacial score (nSPS) is 17.9. The molecule has 0 radical (unpaired) electrons. The Balaban J connectivity index is 0.000000207. The lowest BCUT2D eigenvalue weighted by Gasteiger charge is -2.41. The Bertz CT molecular complexity index is 3320. The zero-order chi connectivity index (χ0) is 76.4. The topological polar surface area (TPSA) is 300 Å². The van der Waals surface area contributed by atoms with E-state index in [0.29, 0.717) is 57.8 Å². The molecule has 0 aromatic heterocycles. The first-order valence-corrected chi connectivity index (χ1v) is 38.1. The molecule has 5 fully saturated rings. The van der Waals surface area contributed by atoms with E-state index in [1.807, 2.05) is 77.1 Å². The van der Waals surface area contributed by atoms with Gasteiger partial charge in [0.2, 0.25) is 11.8 Å². The van der Waals surface area contributed by atoms with Crippen LogP contribution in [0, 0.1) is 27.1 Å². The lowest BCUT2D eigenvalue weighted by molar-refractivity contribution is -0.144. The van der Waals surface area contributed by atoms with Crippen LogP contribution in [0.15, 0.2) is 152 Å². The second kappa shape index (κ2) is 43.1. The minimum Gasteiger partial charge on any atom is -0.469 e. The SMILES string of the molecule is CC(C)(C)OC(=O)NC(=O)N1CCC(CN)(Cc2ccccc2)CC1.CC(C)NC(=O)N1CCC(CN)(Cc2ccccc2)CC1.CN1CCC(CN)(Cc2ccccc2)CC1.COC(=O)CCC(=O)N1CCC(CN)(Cc2ccccc2)CC1.COCC(=O)N1CCC(CN)(Cc2ccccc2)CC1. The van der Waals surface area contributed by atoms with Crippen LogP contribution in [0.1, 0.15) is 139 Å². The molecule has 0 unspecified atom stereocenters. The van der Waals surface area contributed by atoms with E-state index in [2.05, 4.69) is 130 Å². The second-order valence-electron chi connectivity index (χ2n) is 31.4. The van der Waals surface area contributed by atoms with Gasteiger partial charge in [0.15, 0.2) is 0 Å². The fraction of sp³-hybridized carbons (Fsp3) is 0.571. The van der Waals surface area contributed by atoms with Gasteiger partial charge in [-0.05, 0) is 239 Å². The number of esters is 1. The summed E-state index contributed by atoms with van der Waals surface area (Å²) in [5, 5.41) is 5.26. The molecule has 5 aromatic rings. The number of hydrogen-bond acceptors (Lipinski definition) is 15. The predicted octanol–water partition coefficient (Wildman–Crippen LogP) is 10.4. The molecule has 12 N–H and O–H groups in total. The molecule has 5 heterocycles. The van der Waals surface area contributed by atoms with Crippen molar-refractivity contribution in [2.75, 3.05) is 126 Å². The van der Waals surface area contributed by atoms with Crippen molar-refractivity contribution < 1.29 is 43.0 Å². The number of benzene rings is 5. The number of ether oxygens (including phenoxy) is 3. The molecule has 10 rings (SSSR count). The average molecular weight is 1450 g/mol. The molecule has 105 heavy (non-hydrogen) atoms. The van der Waals surface area contributed by atoms with Gasteiger partial charge in [-0.1, -0.05) is 152 Å². The number of rotatable bonds is 21. The molecular weight excluding hydrogens is 1320 g/mol. The van der Waals surface area contributed by atoms with Crippen molar-refractivity contribution in [1.82, 2.24) is 35.1 Å². The van der Waals surface area contributed by atoms with E-state index in [1.54, 1.807) is 32.8 Å². The van der Waals surface area contributed by atoms with Gasteiger partial charge in [-0.15, -0.1) is 0 Å². The van der Waals surface area contributed by atoms with Crippen LogP contribution >= 0.6 is 0 Å². The standard InChI is InChI=1S/C19H29N3O3.C18H26N2O3.C17H27N3O.C16H24N2O2.C14H22N2/c1-18(2,3)25-17(24)21-16(23)22-11-9-19(14-20,10-12-22)13-15-7-5-4-6-8-15;1-23-17(22)8-7-16(21)20-11-9-18(14-19,10-12-20)13-15-5-3-2-4-6-15;1-14(2)19-16(21)20-10-8-17(13-18,9-11-20)12-15-6-4-3-5-7-15;1-20-12-15(19)18-9-7-16(13-17,8-10-18)11-14-5-3-2-4-6-14;1-16-9-7-14(12-15,8-10-16)11-13-5-3-2-4-6-13/h4-8H,9-14,20H2,1-3H3,(H,21,23,24);2-6H,7-14,19H2,1H3;3-7,14H,8-13,18H2,1-2H3,(H,19,21);2-6H,7-13,17H2,1H3;2-6H,7-12,15H2,1H3. The van der Waals surface area contributed by atoms with Crippen molar-refractivity contribution in [3.8, 4) is 0 Å². The van der Waals surface area contributed by atoms with Crippen LogP contribution < -0.4 is 39.3 Å². The van der Waals surface area contributed by atoms with Crippen molar-refractivity contribution in [2.24, 2.45) is 55.7 Å². The third-order valence-corrected chi connectivity index (χ3v) is 22.0. The van der Waals surface area contributed by atoms with Crippen LogP contribution in [0.3, 0.4) is 0 Å². The maximum atomic E-state index is 12.2. The first kappa shape index (κ1) is 86.2. The Kier molecular flexibility index (Phi) is 35.4. The van der Waals surface area contributed by atoms with Gasteiger partial charge in [-0.2, -0.15) is 0 Å². The Morgan fingerprint density at radius 3 is 0.952 bits per heavy atom. The summed E-state index contributed by atoms with van der Waals surface area (Å²) < 4.78 is 14.6. The van der Waals surface area contributed by atoms with Crippen molar-refractivity contribution in [2.45, 2.75) is 155 Å². The molecule has 21 heteroatoms. The lowest BCUT2D eigenvalue weighted by atomic mass is 9.74. The van der Waals surface area contributed by atoms with Crippen molar-refractivity contribution in [3.05, 3.63) is 179 Å². The number of methoxy groups -OCH3 is 2. The van der Waals surface area contributed by atoms with Gasteiger partial charge < -0.3 is 72.7 Å². The average Bonchev–Trinajstić information content (AvgIpc) is 0.842. The summed E-state index contributed by atoms with van der Waals surface area (Å²) in [5.74, 6) is -0.227. The highest BCUT2D eigenvalue weighted by Gasteiger charge is 2.40. The quantitative estimate of drug-likeness (QED) is 0.0336. The predicted molar refractivity (Wildman–Crippen MR) is 420 cm³/mol. The highest BCUT2D eigenvalue weighted by Crippen LogP contribution is 2.39. The highest BCUT2D eigenvalue weighted by molar-refractivity contribution is 5.91. The van der Waals surface area contributed by atoms with Crippen LogP contribution in [0.25, 0.3) is 0 Å².